The second kappa shape index (κ2) is 9.35. The smallest absolute Gasteiger partial charge is 0.231 e. The van der Waals surface area contributed by atoms with Gasteiger partial charge in [-0.1, -0.05) is 42.5 Å². The monoisotopic (exact) mass is 455 g/mol. The highest BCUT2D eigenvalue weighted by atomic mass is 16.7. The molecule has 0 atom stereocenters. The lowest BCUT2D eigenvalue weighted by Crippen LogP contribution is -2.33. The summed E-state index contributed by atoms with van der Waals surface area (Å²) in [5.41, 5.74) is 2.49. The maximum absolute atomic E-state index is 5.69. The first-order valence-corrected chi connectivity index (χ1v) is 12.0. The Morgan fingerprint density at radius 3 is 2.50 bits per heavy atom. The van der Waals surface area contributed by atoms with Gasteiger partial charge in [0.05, 0.1) is 6.54 Å². The Morgan fingerprint density at radius 1 is 0.794 bits per heavy atom. The van der Waals surface area contributed by atoms with E-state index >= 15 is 0 Å². The van der Waals surface area contributed by atoms with Crippen LogP contribution in [-0.4, -0.2) is 43.9 Å². The van der Waals surface area contributed by atoms with E-state index in [0.717, 1.165) is 62.9 Å². The first kappa shape index (κ1) is 21.0. The molecule has 0 amide bonds. The molecule has 2 aliphatic rings. The highest BCUT2D eigenvalue weighted by Gasteiger charge is 2.26. The summed E-state index contributed by atoms with van der Waals surface area (Å²) >= 11 is 0. The predicted octanol–water partition coefficient (Wildman–Crippen LogP) is 4.28. The average Bonchev–Trinajstić information content (AvgIpc) is 3.63. The third kappa shape index (κ3) is 4.31. The number of imidazole rings is 2. The molecule has 0 unspecified atom stereocenters. The lowest BCUT2D eigenvalue weighted by molar-refractivity contribution is 0.169. The number of likely N-dealkylation sites (tertiary alicyclic amines) is 1. The van der Waals surface area contributed by atoms with E-state index in [0.29, 0.717) is 12.7 Å². The number of hydrogen-bond acceptors (Lipinski definition) is 5. The Kier molecular flexibility index (Phi) is 5.77. The minimum absolute atomic E-state index is 0.320. The molecule has 0 aliphatic carbocycles. The van der Waals surface area contributed by atoms with Crippen LogP contribution in [0.3, 0.4) is 0 Å². The van der Waals surface area contributed by atoms with Gasteiger partial charge in [-0.3, -0.25) is 4.90 Å². The summed E-state index contributed by atoms with van der Waals surface area (Å²) in [7, 11) is 0. The fourth-order valence-electron chi connectivity index (χ4n) is 5.09. The van der Waals surface area contributed by atoms with Crippen LogP contribution >= 0.6 is 0 Å². The van der Waals surface area contributed by atoms with Crippen molar-refractivity contribution in [3.63, 3.8) is 0 Å². The van der Waals surface area contributed by atoms with Crippen molar-refractivity contribution in [2.45, 2.75) is 38.4 Å². The van der Waals surface area contributed by atoms with Crippen LogP contribution in [0, 0.1) is 0 Å². The van der Waals surface area contributed by atoms with Crippen LogP contribution in [0.1, 0.15) is 41.5 Å². The Labute approximate surface area is 199 Å². The molecule has 0 saturated carbocycles. The van der Waals surface area contributed by atoms with Gasteiger partial charge in [-0.25, -0.2) is 9.97 Å². The van der Waals surface area contributed by atoms with Crippen molar-refractivity contribution in [2.24, 2.45) is 0 Å². The van der Waals surface area contributed by atoms with E-state index in [9.17, 15) is 0 Å². The molecule has 34 heavy (non-hydrogen) atoms. The van der Waals surface area contributed by atoms with Gasteiger partial charge in [-0.05, 0) is 37.6 Å². The third-order valence-electron chi connectivity index (χ3n) is 6.88. The Balaban J connectivity index is 1.10. The van der Waals surface area contributed by atoms with Crippen molar-refractivity contribution in [1.82, 2.24) is 24.0 Å². The summed E-state index contributed by atoms with van der Waals surface area (Å²) in [6, 6.07) is 16.7. The fourth-order valence-corrected chi connectivity index (χ4v) is 5.09. The standard InChI is InChI=1S/C27H29N5O2/c1-2-5-21(6-3-1)17-31-15-11-28-25(31)19-32-16-12-29-27(32)22-9-13-30(14-10-22)18-23-7-4-8-24-26(23)34-20-33-24/h1-8,11-12,15-16,22H,9-10,13-14,17-20H2. The van der Waals surface area contributed by atoms with E-state index < -0.39 is 0 Å². The van der Waals surface area contributed by atoms with Gasteiger partial charge in [0, 0.05) is 49.4 Å². The maximum Gasteiger partial charge on any atom is 0.231 e. The van der Waals surface area contributed by atoms with E-state index in [1.165, 1.54) is 17.0 Å². The first-order chi connectivity index (χ1) is 16.8. The number of fused-ring (bicyclic) bond motifs is 1. The average molecular weight is 456 g/mol. The van der Waals surface area contributed by atoms with E-state index in [-0.39, 0.29) is 0 Å². The number of nitrogens with zero attached hydrogens (tertiary/aromatic N) is 5. The number of benzene rings is 2. The second-order valence-electron chi connectivity index (χ2n) is 9.07. The molecule has 7 heteroatoms. The molecule has 0 N–H and O–H groups in total. The molecule has 2 aliphatic heterocycles. The van der Waals surface area contributed by atoms with Gasteiger partial charge in [0.15, 0.2) is 11.5 Å². The molecule has 2 aromatic carbocycles. The molecule has 174 valence electrons. The van der Waals surface area contributed by atoms with Gasteiger partial charge >= 0.3 is 0 Å². The van der Waals surface area contributed by atoms with E-state index in [1.807, 2.05) is 24.5 Å². The zero-order chi connectivity index (χ0) is 22.7. The van der Waals surface area contributed by atoms with E-state index in [2.05, 4.69) is 67.8 Å². The molecule has 0 spiro atoms. The van der Waals surface area contributed by atoms with Crippen LogP contribution in [0.15, 0.2) is 73.3 Å². The second-order valence-corrected chi connectivity index (χ2v) is 9.07. The highest BCUT2D eigenvalue weighted by Crippen LogP contribution is 2.37. The molecule has 1 fully saturated rings. The fraction of sp³-hybridized carbons (Fsp3) is 0.333. The molecule has 7 nitrogen and oxygen atoms in total. The number of ether oxygens (including phenoxy) is 2. The summed E-state index contributed by atoms with van der Waals surface area (Å²) in [6.45, 7) is 4.88. The quantitative estimate of drug-likeness (QED) is 0.416. The molecule has 0 bridgehead atoms. The largest absolute Gasteiger partial charge is 0.454 e. The minimum Gasteiger partial charge on any atom is -0.454 e. The number of rotatable bonds is 7. The van der Waals surface area contributed by atoms with Gasteiger partial charge in [-0.2, -0.15) is 0 Å². The minimum atomic E-state index is 0.320. The molecule has 4 heterocycles. The number of piperidine rings is 1. The summed E-state index contributed by atoms with van der Waals surface area (Å²) in [6.07, 6.45) is 10.2. The van der Waals surface area contributed by atoms with Crippen molar-refractivity contribution < 1.29 is 9.47 Å². The van der Waals surface area contributed by atoms with Crippen molar-refractivity contribution in [2.75, 3.05) is 19.9 Å². The maximum atomic E-state index is 5.69. The number of aromatic nitrogens is 4. The lowest BCUT2D eigenvalue weighted by Gasteiger charge is -2.32. The van der Waals surface area contributed by atoms with Crippen LogP contribution in [-0.2, 0) is 19.6 Å². The molecular weight excluding hydrogens is 426 g/mol. The van der Waals surface area contributed by atoms with Gasteiger partial charge in [0.25, 0.3) is 0 Å². The zero-order valence-corrected chi connectivity index (χ0v) is 19.2. The van der Waals surface area contributed by atoms with Gasteiger partial charge in [-0.15, -0.1) is 0 Å². The number of hydrogen-bond donors (Lipinski definition) is 0. The molecule has 6 rings (SSSR count). The van der Waals surface area contributed by atoms with Gasteiger partial charge < -0.3 is 18.6 Å². The SMILES string of the molecule is c1ccc(Cn2ccnc2Cn2ccnc2C2CCN(Cc3cccc4c3OCO4)CC2)cc1. The summed E-state index contributed by atoms with van der Waals surface area (Å²) in [5, 5.41) is 0. The van der Waals surface area contributed by atoms with Crippen molar-refractivity contribution in [1.29, 1.82) is 0 Å². The van der Waals surface area contributed by atoms with Gasteiger partial charge in [0.2, 0.25) is 6.79 Å². The Bertz CT molecular complexity index is 1240. The molecule has 1 saturated heterocycles. The normalized spacial score (nSPS) is 16.2. The summed E-state index contributed by atoms with van der Waals surface area (Å²) < 4.78 is 15.7. The van der Waals surface area contributed by atoms with E-state index in [1.54, 1.807) is 0 Å². The summed E-state index contributed by atoms with van der Waals surface area (Å²) in [4.78, 5) is 11.9. The Morgan fingerprint density at radius 2 is 1.62 bits per heavy atom. The van der Waals surface area contributed by atoms with E-state index in [4.69, 9.17) is 14.5 Å². The van der Waals surface area contributed by atoms with Crippen LogP contribution in [0.25, 0.3) is 0 Å². The molecular formula is C27H29N5O2. The number of para-hydroxylation sites is 1. The van der Waals surface area contributed by atoms with Crippen LogP contribution in [0.2, 0.25) is 0 Å². The summed E-state index contributed by atoms with van der Waals surface area (Å²) in [5.74, 6) is 4.46. The first-order valence-electron chi connectivity index (χ1n) is 12.0. The zero-order valence-electron chi connectivity index (χ0n) is 19.2. The highest BCUT2D eigenvalue weighted by molar-refractivity contribution is 5.48. The van der Waals surface area contributed by atoms with Crippen molar-refractivity contribution >= 4 is 0 Å². The topological polar surface area (TPSA) is 57.3 Å². The van der Waals surface area contributed by atoms with Gasteiger partial charge in [0.1, 0.15) is 11.6 Å². The van der Waals surface area contributed by atoms with Crippen molar-refractivity contribution in [3.05, 3.63) is 96.1 Å². The van der Waals surface area contributed by atoms with Crippen LogP contribution in [0.4, 0.5) is 0 Å². The van der Waals surface area contributed by atoms with Crippen LogP contribution in [0.5, 0.6) is 11.5 Å². The molecule has 0 radical (unpaired) electrons. The molecule has 2 aromatic heterocycles. The lowest BCUT2D eigenvalue weighted by atomic mass is 9.95. The van der Waals surface area contributed by atoms with Crippen molar-refractivity contribution in [3.8, 4) is 11.5 Å². The van der Waals surface area contributed by atoms with Crippen LogP contribution < -0.4 is 9.47 Å². The third-order valence-corrected chi connectivity index (χ3v) is 6.88. The predicted molar refractivity (Wildman–Crippen MR) is 129 cm³/mol. The Hall–Kier alpha value is -3.58. The molecule has 4 aromatic rings.